The van der Waals surface area contributed by atoms with Crippen LogP contribution in [-0.2, 0) is 9.47 Å². The van der Waals surface area contributed by atoms with Crippen LogP contribution in [0.3, 0.4) is 0 Å². The number of rotatable bonds is 4. The zero-order valence-electron chi connectivity index (χ0n) is 19.6. The van der Waals surface area contributed by atoms with Gasteiger partial charge in [0.25, 0.3) is 0 Å². The maximum absolute atomic E-state index is 9.95. The zero-order valence-corrected chi connectivity index (χ0v) is 19.6. The van der Waals surface area contributed by atoms with E-state index >= 15 is 0 Å². The number of aliphatic hydroxyl groups excluding tert-OH is 6. The summed E-state index contributed by atoms with van der Waals surface area (Å²) in [6.07, 6.45) is -2.85. The zero-order chi connectivity index (χ0) is 27.1. The third-order valence-electron chi connectivity index (χ3n) is 6.36. The van der Waals surface area contributed by atoms with E-state index in [1.807, 2.05) is 0 Å². The number of anilines is 2. The van der Waals surface area contributed by atoms with Crippen molar-refractivity contribution in [2.24, 2.45) is 0 Å². The van der Waals surface area contributed by atoms with Crippen LogP contribution < -0.4 is 11.5 Å². The van der Waals surface area contributed by atoms with E-state index in [4.69, 9.17) is 31.2 Å². The normalized spacial score (nSPS) is 31.1. The van der Waals surface area contributed by atoms with Crippen molar-refractivity contribution in [3.8, 4) is 0 Å². The summed E-state index contributed by atoms with van der Waals surface area (Å²) in [7, 11) is 0. The molecule has 2 saturated heterocycles. The first-order chi connectivity index (χ1) is 18.3. The molecule has 2 aliphatic heterocycles. The molecule has 6 heterocycles. The molecule has 6 rings (SSSR count). The minimum Gasteiger partial charge on any atom is -0.394 e. The Kier molecular flexibility index (Phi) is 7.03. The highest BCUT2D eigenvalue weighted by molar-refractivity contribution is 5.81. The fourth-order valence-electron chi connectivity index (χ4n) is 4.33. The van der Waals surface area contributed by atoms with Crippen molar-refractivity contribution in [3.05, 3.63) is 25.3 Å². The lowest BCUT2D eigenvalue weighted by atomic mass is 10.1. The van der Waals surface area contributed by atoms with Gasteiger partial charge in [-0.25, -0.2) is 29.9 Å². The Balaban J connectivity index is 0.000000155. The number of aliphatic hydroxyl groups is 6. The lowest BCUT2D eigenvalue weighted by Crippen LogP contribution is -2.33. The van der Waals surface area contributed by atoms with E-state index in [0.29, 0.717) is 22.3 Å². The highest BCUT2D eigenvalue weighted by Crippen LogP contribution is 2.32. The van der Waals surface area contributed by atoms with E-state index in [9.17, 15) is 20.4 Å². The highest BCUT2D eigenvalue weighted by Gasteiger charge is 2.45. The molecule has 38 heavy (non-hydrogen) atoms. The molecule has 0 spiro atoms. The van der Waals surface area contributed by atoms with Crippen molar-refractivity contribution in [1.82, 2.24) is 39.0 Å². The molecular weight excluding hydrogens is 508 g/mol. The second-order valence-electron chi connectivity index (χ2n) is 8.62. The quantitative estimate of drug-likeness (QED) is 0.124. The van der Waals surface area contributed by atoms with Crippen LogP contribution in [-0.4, -0.2) is 120 Å². The number of hydrogen-bond acceptors (Lipinski definition) is 16. The molecule has 8 atom stereocenters. The van der Waals surface area contributed by atoms with Gasteiger partial charge in [0.05, 0.1) is 25.9 Å². The number of imidazole rings is 2. The third-order valence-corrected chi connectivity index (χ3v) is 6.36. The monoisotopic (exact) mass is 534 g/mol. The highest BCUT2D eigenvalue weighted by atomic mass is 16.6. The molecule has 18 nitrogen and oxygen atoms in total. The van der Waals surface area contributed by atoms with E-state index in [2.05, 4.69) is 29.9 Å². The van der Waals surface area contributed by atoms with Gasteiger partial charge >= 0.3 is 0 Å². The second kappa shape index (κ2) is 10.3. The van der Waals surface area contributed by atoms with Crippen molar-refractivity contribution in [2.75, 3.05) is 24.7 Å². The molecule has 2 aliphatic rings. The van der Waals surface area contributed by atoms with Gasteiger partial charge in [-0.1, -0.05) is 0 Å². The van der Waals surface area contributed by atoms with Crippen molar-refractivity contribution >= 4 is 34.0 Å². The Morgan fingerprint density at radius 1 is 0.632 bits per heavy atom. The predicted molar refractivity (Wildman–Crippen MR) is 125 cm³/mol. The molecule has 4 aromatic rings. The van der Waals surface area contributed by atoms with Crippen molar-refractivity contribution in [3.63, 3.8) is 0 Å². The molecule has 0 amide bonds. The van der Waals surface area contributed by atoms with Gasteiger partial charge in [-0.3, -0.25) is 9.13 Å². The molecule has 2 fully saturated rings. The topological polar surface area (TPSA) is 279 Å². The molecule has 0 bridgehead atoms. The first kappa shape index (κ1) is 26.0. The van der Waals surface area contributed by atoms with E-state index in [0.717, 1.165) is 0 Å². The standard InChI is InChI=1S/2C10H13N5O4/c2*11-8-5-9(13-2-12-8)15(3-14-5)10-7(18)6(17)4(1-16)19-10/h2*2-4,6-7,10,16-18H,1H2,(H2,11,12,13)/t2*4-,6-,7+,10-/m11/s1. The lowest BCUT2D eigenvalue weighted by Gasteiger charge is -2.16. The summed E-state index contributed by atoms with van der Waals surface area (Å²) in [5.41, 5.74) is 12.9. The predicted octanol–water partition coefficient (Wildman–Crippen LogP) is -3.96. The van der Waals surface area contributed by atoms with Crippen LogP contribution in [0.1, 0.15) is 12.5 Å². The average Bonchev–Trinajstić information content (AvgIpc) is 3.67. The summed E-state index contributed by atoms with van der Waals surface area (Å²) in [5.74, 6) is 0.436. The Bertz CT molecular complexity index is 1310. The first-order valence-electron chi connectivity index (χ1n) is 11.4. The van der Waals surface area contributed by atoms with Gasteiger partial charge in [0.2, 0.25) is 0 Å². The van der Waals surface area contributed by atoms with Gasteiger partial charge < -0.3 is 51.6 Å². The first-order valence-corrected chi connectivity index (χ1v) is 11.4. The van der Waals surface area contributed by atoms with Gasteiger partial charge in [-0.15, -0.1) is 0 Å². The van der Waals surface area contributed by atoms with Gasteiger partial charge in [0, 0.05) is 0 Å². The molecule has 4 aromatic heterocycles. The summed E-state index contributed by atoms with van der Waals surface area (Å²) in [6, 6.07) is 0. The Hall–Kier alpha value is -3.62. The fourth-order valence-corrected chi connectivity index (χ4v) is 4.33. The molecule has 0 saturated carbocycles. The molecule has 18 heteroatoms. The number of nitrogens with two attached hydrogens (primary N) is 2. The minimum atomic E-state index is -1.19. The van der Waals surface area contributed by atoms with Crippen LogP contribution >= 0.6 is 0 Å². The van der Waals surface area contributed by atoms with Crippen molar-refractivity contribution in [1.29, 1.82) is 0 Å². The minimum absolute atomic E-state index is 0.218. The summed E-state index contributed by atoms with van der Waals surface area (Å²) in [5, 5.41) is 57.5. The lowest BCUT2D eigenvalue weighted by molar-refractivity contribution is -0.0511. The number of nitrogen functional groups attached to an aromatic ring is 2. The summed E-state index contributed by atoms with van der Waals surface area (Å²) >= 11 is 0. The van der Waals surface area contributed by atoms with E-state index < -0.39 is 62.3 Å². The fraction of sp³-hybridized carbons (Fsp3) is 0.500. The molecule has 10 N–H and O–H groups in total. The number of hydrogen-bond donors (Lipinski definition) is 8. The second-order valence-corrected chi connectivity index (χ2v) is 8.62. The van der Waals surface area contributed by atoms with Crippen LogP contribution in [0.25, 0.3) is 22.3 Å². The van der Waals surface area contributed by atoms with Crippen LogP contribution in [0.2, 0.25) is 0 Å². The van der Waals surface area contributed by atoms with Crippen LogP contribution in [0, 0.1) is 0 Å². The van der Waals surface area contributed by atoms with E-state index in [1.54, 1.807) is 0 Å². The smallest absolute Gasteiger partial charge is 0.167 e. The summed E-state index contributed by atoms with van der Waals surface area (Å²) in [6.45, 7) is -0.781. The van der Waals surface area contributed by atoms with Crippen molar-refractivity contribution < 1.29 is 40.1 Å². The van der Waals surface area contributed by atoms with Gasteiger partial charge in [-0.2, -0.15) is 0 Å². The Morgan fingerprint density at radius 3 is 1.37 bits per heavy atom. The third kappa shape index (κ3) is 4.27. The number of aromatic nitrogens is 8. The van der Waals surface area contributed by atoms with Crippen LogP contribution in [0.5, 0.6) is 0 Å². The van der Waals surface area contributed by atoms with E-state index in [1.165, 1.54) is 34.4 Å². The van der Waals surface area contributed by atoms with Crippen LogP contribution in [0.15, 0.2) is 25.3 Å². The molecular formula is C20H26N10O8. The van der Waals surface area contributed by atoms with Crippen LogP contribution in [0.4, 0.5) is 11.6 Å². The maximum atomic E-state index is 9.95. The molecule has 204 valence electrons. The molecule has 0 aromatic carbocycles. The van der Waals surface area contributed by atoms with Crippen molar-refractivity contribution in [2.45, 2.75) is 49.1 Å². The van der Waals surface area contributed by atoms with Gasteiger partial charge in [0.1, 0.15) is 60.3 Å². The Morgan fingerprint density at radius 2 is 1.03 bits per heavy atom. The number of nitrogens with zero attached hydrogens (tertiary/aromatic N) is 8. The van der Waals surface area contributed by atoms with Gasteiger partial charge in [0.15, 0.2) is 35.4 Å². The number of fused-ring (bicyclic) bond motifs is 2. The van der Waals surface area contributed by atoms with Gasteiger partial charge in [-0.05, 0) is 0 Å². The number of ether oxygens (including phenoxy) is 2. The SMILES string of the molecule is Nc1ncnc2c1ncn2[C@@H]1O[C@H](CO)[C@@H](O)[C@@H]1O.Nc1ncnc2c1ncn2[C@@H]1O[C@H](CO)[C@@H](O)[C@@H]1O. The average molecular weight is 534 g/mol. The molecule has 0 aliphatic carbocycles. The largest absolute Gasteiger partial charge is 0.394 e. The Labute approximate surface area is 212 Å². The molecule has 0 radical (unpaired) electrons. The maximum Gasteiger partial charge on any atom is 0.167 e. The van der Waals surface area contributed by atoms with E-state index in [-0.39, 0.29) is 11.6 Å². The molecule has 0 unspecified atom stereocenters. The summed E-state index contributed by atoms with van der Waals surface area (Å²) < 4.78 is 13.7. The summed E-state index contributed by atoms with van der Waals surface area (Å²) in [4.78, 5) is 23.8.